The maximum atomic E-state index is 12.9. The maximum Gasteiger partial charge on any atom is 0.227 e. The van der Waals surface area contributed by atoms with Crippen molar-refractivity contribution in [1.82, 2.24) is 4.90 Å². The Kier molecular flexibility index (Phi) is 4.79. The Hall–Kier alpha value is -1.39. The van der Waals surface area contributed by atoms with Crippen molar-refractivity contribution in [2.75, 3.05) is 19.8 Å². The van der Waals surface area contributed by atoms with E-state index in [9.17, 15) is 4.79 Å². The van der Waals surface area contributed by atoms with Crippen molar-refractivity contribution in [3.8, 4) is 0 Å². The molecular formula is C18H26N2O2. The molecular weight excluding hydrogens is 276 g/mol. The summed E-state index contributed by atoms with van der Waals surface area (Å²) in [6.45, 7) is 4.40. The van der Waals surface area contributed by atoms with Crippen LogP contribution in [0.3, 0.4) is 0 Å². The molecule has 4 heteroatoms. The Morgan fingerprint density at radius 2 is 2.05 bits per heavy atom. The number of rotatable bonds is 6. The van der Waals surface area contributed by atoms with Gasteiger partial charge in [0.05, 0.1) is 12.5 Å². The Balaban J connectivity index is 1.66. The Labute approximate surface area is 132 Å². The molecule has 1 aromatic carbocycles. The first-order valence-electron chi connectivity index (χ1n) is 8.35. The molecule has 1 saturated carbocycles. The van der Waals surface area contributed by atoms with Crippen LogP contribution in [0.15, 0.2) is 30.3 Å². The van der Waals surface area contributed by atoms with Gasteiger partial charge in [-0.15, -0.1) is 0 Å². The van der Waals surface area contributed by atoms with E-state index in [4.69, 9.17) is 10.5 Å². The fourth-order valence-electron chi connectivity index (χ4n) is 3.19. The zero-order chi connectivity index (χ0) is 15.5. The summed E-state index contributed by atoms with van der Waals surface area (Å²) in [6, 6.07) is 10.1. The topological polar surface area (TPSA) is 55.6 Å². The monoisotopic (exact) mass is 302 g/mol. The lowest BCUT2D eigenvalue weighted by Gasteiger charge is -2.30. The highest BCUT2D eigenvalue weighted by molar-refractivity contribution is 5.80. The van der Waals surface area contributed by atoms with E-state index in [0.29, 0.717) is 12.0 Å². The summed E-state index contributed by atoms with van der Waals surface area (Å²) in [5.74, 6) is 0.501. The highest BCUT2D eigenvalue weighted by atomic mass is 16.5. The van der Waals surface area contributed by atoms with Crippen molar-refractivity contribution in [2.45, 2.75) is 38.3 Å². The number of hydrogen-bond donors (Lipinski definition) is 1. The van der Waals surface area contributed by atoms with E-state index >= 15 is 0 Å². The van der Waals surface area contributed by atoms with Gasteiger partial charge in [-0.1, -0.05) is 37.3 Å². The molecule has 0 spiro atoms. The lowest BCUT2D eigenvalue weighted by atomic mass is 9.93. The minimum atomic E-state index is -0.241. The number of carbonyl (C=O) groups is 1. The first kappa shape index (κ1) is 15.5. The van der Waals surface area contributed by atoms with Gasteiger partial charge in [-0.25, -0.2) is 0 Å². The third-order valence-electron chi connectivity index (χ3n) is 4.86. The molecule has 2 N–H and O–H groups in total. The molecule has 2 fully saturated rings. The van der Waals surface area contributed by atoms with Crippen molar-refractivity contribution < 1.29 is 9.53 Å². The summed E-state index contributed by atoms with van der Waals surface area (Å²) in [5, 5.41) is 0. The predicted molar refractivity (Wildman–Crippen MR) is 86.2 cm³/mol. The molecule has 1 heterocycles. The fraction of sp³-hybridized carbons (Fsp3) is 0.611. The second kappa shape index (κ2) is 6.80. The number of carbonyl (C=O) groups excluding carboxylic acids is 1. The Bertz CT molecular complexity index is 495. The van der Waals surface area contributed by atoms with Crippen molar-refractivity contribution in [1.29, 1.82) is 0 Å². The van der Waals surface area contributed by atoms with Crippen LogP contribution in [-0.4, -0.2) is 36.6 Å². The normalized spacial score (nSPS) is 24.0. The predicted octanol–water partition coefficient (Wildman–Crippen LogP) is 2.35. The quantitative estimate of drug-likeness (QED) is 0.877. The van der Waals surface area contributed by atoms with E-state index in [1.54, 1.807) is 0 Å². The van der Waals surface area contributed by atoms with Gasteiger partial charge >= 0.3 is 0 Å². The molecule has 1 aromatic rings. The summed E-state index contributed by atoms with van der Waals surface area (Å²) >= 11 is 0. The summed E-state index contributed by atoms with van der Waals surface area (Å²) in [6.07, 6.45) is 3.33. The van der Waals surface area contributed by atoms with Gasteiger partial charge in [-0.2, -0.15) is 0 Å². The standard InChI is InChI=1S/C18H26N2O2/c1-13(17(19)15-5-3-2-4-6-15)18(21)20(16-7-8-16)11-14-9-10-22-12-14/h2-6,13-14,16-17H,7-12,19H2,1H3. The molecule has 1 aliphatic carbocycles. The lowest BCUT2D eigenvalue weighted by Crippen LogP contribution is -2.43. The maximum absolute atomic E-state index is 12.9. The third-order valence-corrected chi connectivity index (χ3v) is 4.86. The summed E-state index contributed by atoms with van der Waals surface area (Å²) < 4.78 is 5.45. The van der Waals surface area contributed by atoms with Crippen LogP contribution in [0.5, 0.6) is 0 Å². The van der Waals surface area contributed by atoms with Crippen LogP contribution in [-0.2, 0) is 9.53 Å². The molecule has 1 aliphatic heterocycles. The second-order valence-electron chi connectivity index (χ2n) is 6.68. The fourth-order valence-corrected chi connectivity index (χ4v) is 3.19. The Morgan fingerprint density at radius 3 is 2.64 bits per heavy atom. The molecule has 22 heavy (non-hydrogen) atoms. The number of nitrogens with two attached hydrogens (primary N) is 1. The summed E-state index contributed by atoms with van der Waals surface area (Å²) in [7, 11) is 0. The van der Waals surface area contributed by atoms with Gasteiger partial charge in [0.15, 0.2) is 0 Å². The van der Waals surface area contributed by atoms with Crippen LogP contribution in [0.25, 0.3) is 0 Å². The molecule has 1 amide bonds. The summed E-state index contributed by atoms with van der Waals surface area (Å²) in [5.41, 5.74) is 7.36. The van der Waals surface area contributed by atoms with Crippen LogP contribution in [0.4, 0.5) is 0 Å². The molecule has 4 nitrogen and oxygen atoms in total. The second-order valence-corrected chi connectivity index (χ2v) is 6.68. The van der Waals surface area contributed by atoms with Crippen LogP contribution in [0, 0.1) is 11.8 Å². The van der Waals surface area contributed by atoms with Crippen molar-refractivity contribution >= 4 is 5.91 Å². The van der Waals surface area contributed by atoms with E-state index in [0.717, 1.165) is 44.6 Å². The average molecular weight is 302 g/mol. The minimum Gasteiger partial charge on any atom is -0.381 e. The van der Waals surface area contributed by atoms with Crippen LogP contribution >= 0.6 is 0 Å². The molecule has 0 radical (unpaired) electrons. The van der Waals surface area contributed by atoms with E-state index in [-0.39, 0.29) is 17.9 Å². The molecule has 3 atom stereocenters. The SMILES string of the molecule is CC(C(=O)N(CC1CCOC1)C1CC1)C(N)c1ccccc1. The zero-order valence-corrected chi connectivity index (χ0v) is 13.3. The van der Waals surface area contributed by atoms with Crippen molar-refractivity contribution in [3.63, 3.8) is 0 Å². The number of amides is 1. The smallest absolute Gasteiger partial charge is 0.227 e. The molecule has 120 valence electrons. The van der Waals surface area contributed by atoms with Gasteiger partial charge in [0.1, 0.15) is 0 Å². The largest absolute Gasteiger partial charge is 0.381 e. The Morgan fingerprint density at radius 1 is 1.32 bits per heavy atom. The van der Waals surface area contributed by atoms with Crippen LogP contribution in [0.2, 0.25) is 0 Å². The van der Waals surface area contributed by atoms with Gasteiger partial charge < -0.3 is 15.4 Å². The van der Waals surface area contributed by atoms with Gasteiger partial charge in [0, 0.05) is 31.2 Å². The first-order valence-corrected chi connectivity index (χ1v) is 8.35. The first-order chi connectivity index (χ1) is 10.7. The summed E-state index contributed by atoms with van der Waals surface area (Å²) in [4.78, 5) is 15.0. The molecule has 0 aromatic heterocycles. The molecule has 0 bridgehead atoms. The number of benzene rings is 1. The number of hydrogen-bond acceptors (Lipinski definition) is 3. The highest BCUT2D eigenvalue weighted by Crippen LogP contribution is 2.32. The molecule has 2 aliphatic rings. The highest BCUT2D eigenvalue weighted by Gasteiger charge is 2.37. The van der Waals surface area contributed by atoms with E-state index in [1.165, 1.54) is 0 Å². The van der Waals surface area contributed by atoms with Gasteiger partial charge in [-0.05, 0) is 24.8 Å². The van der Waals surface area contributed by atoms with E-state index in [1.807, 2.05) is 37.3 Å². The number of ether oxygens (including phenoxy) is 1. The zero-order valence-electron chi connectivity index (χ0n) is 13.3. The van der Waals surface area contributed by atoms with Crippen LogP contribution < -0.4 is 5.73 Å². The van der Waals surface area contributed by atoms with Crippen LogP contribution in [0.1, 0.15) is 37.8 Å². The van der Waals surface area contributed by atoms with Gasteiger partial charge in [-0.3, -0.25) is 4.79 Å². The molecule has 3 unspecified atom stereocenters. The average Bonchev–Trinajstić information content (AvgIpc) is 3.27. The van der Waals surface area contributed by atoms with Gasteiger partial charge in [0.2, 0.25) is 5.91 Å². The molecule has 1 saturated heterocycles. The van der Waals surface area contributed by atoms with Crippen molar-refractivity contribution in [2.24, 2.45) is 17.6 Å². The van der Waals surface area contributed by atoms with E-state index in [2.05, 4.69) is 4.90 Å². The minimum absolute atomic E-state index is 0.190. The third kappa shape index (κ3) is 3.50. The molecule has 3 rings (SSSR count). The lowest BCUT2D eigenvalue weighted by molar-refractivity contribution is -0.137. The van der Waals surface area contributed by atoms with Gasteiger partial charge in [0.25, 0.3) is 0 Å². The van der Waals surface area contributed by atoms with E-state index < -0.39 is 0 Å². The number of nitrogens with zero attached hydrogens (tertiary/aromatic N) is 1. The van der Waals surface area contributed by atoms with Crippen molar-refractivity contribution in [3.05, 3.63) is 35.9 Å².